The summed E-state index contributed by atoms with van der Waals surface area (Å²) in [6, 6.07) is 4.05. The number of rotatable bonds is 2. The lowest BCUT2D eigenvalue weighted by Crippen LogP contribution is -2.50. The van der Waals surface area contributed by atoms with Crippen molar-refractivity contribution in [3.8, 4) is 0 Å². The van der Waals surface area contributed by atoms with Crippen LogP contribution >= 0.6 is 0 Å². The first kappa shape index (κ1) is 17.1. The van der Waals surface area contributed by atoms with E-state index in [2.05, 4.69) is 0 Å². The van der Waals surface area contributed by atoms with E-state index >= 15 is 0 Å². The molecule has 1 aromatic rings. The number of anilines is 1. The molecule has 1 aliphatic rings. The molecule has 23 heavy (non-hydrogen) atoms. The molecule has 1 amide bonds. The van der Waals surface area contributed by atoms with Crippen LogP contribution in [0.3, 0.4) is 0 Å². The fourth-order valence-corrected chi connectivity index (χ4v) is 2.35. The molecule has 1 fully saturated rings. The predicted octanol–water partition coefficient (Wildman–Crippen LogP) is 2.58. The van der Waals surface area contributed by atoms with E-state index in [1.807, 2.05) is 25.7 Å². The van der Waals surface area contributed by atoms with E-state index in [0.717, 1.165) is 0 Å². The van der Waals surface area contributed by atoms with Gasteiger partial charge >= 0.3 is 12.1 Å². The molecular formula is C16H21FN2O4. The van der Waals surface area contributed by atoms with Crippen molar-refractivity contribution in [2.75, 3.05) is 31.1 Å². The van der Waals surface area contributed by atoms with Gasteiger partial charge in [-0.2, -0.15) is 0 Å². The molecule has 0 radical (unpaired) electrons. The molecule has 6 nitrogen and oxygen atoms in total. The van der Waals surface area contributed by atoms with Gasteiger partial charge in [-0.3, -0.25) is 0 Å². The molecule has 1 aliphatic heterocycles. The molecule has 1 aromatic carbocycles. The van der Waals surface area contributed by atoms with Crippen molar-refractivity contribution < 1.29 is 23.8 Å². The minimum atomic E-state index is -1.29. The van der Waals surface area contributed by atoms with Gasteiger partial charge in [-0.1, -0.05) is 0 Å². The summed E-state index contributed by atoms with van der Waals surface area (Å²) in [6.45, 7) is 7.44. The van der Waals surface area contributed by atoms with Crippen LogP contribution in [0.25, 0.3) is 0 Å². The van der Waals surface area contributed by atoms with Crippen LogP contribution < -0.4 is 4.90 Å². The van der Waals surface area contributed by atoms with Crippen molar-refractivity contribution in [1.29, 1.82) is 0 Å². The number of carboxylic acid groups (broad SMARTS) is 1. The number of piperazine rings is 1. The number of hydrogen-bond donors (Lipinski definition) is 1. The zero-order valence-electron chi connectivity index (χ0n) is 13.5. The molecule has 0 saturated carbocycles. The van der Waals surface area contributed by atoms with E-state index < -0.39 is 17.4 Å². The summed E-state index contributed by atoms with van der Waals surface area (Å²) in [5.41, 5.74) is -0.276. The lowest BCUT2D eigenvalue weighted by atomic mass is 10.1. The topological polar surface area (TPSA) is 70.1 Å². The number of halogens is 1. The average molecular weight is 324 g/mol. The maximum Gasteiger partial charge on any atom is 0.410 e. The Morgan fingerprint density at radius 3 is 2.26 bits per heavy atom. The highest BCUT2D eigenvalue weighted by Gasteiger charge is 2.26. The number of amides is 1. The first-order valence-electron chi connectivity index (χ1n) is 7.43. The van der Waals surface area contributed by atoms with Gasteiger partial charge in [-0.15, -0.1) is 0 Å². The molecule has 0 atom stereocenters. The maximum absolute atomic E-state index is 13.8. The average Bonchev–Trinajstić information content (AvgIpc) is 2.45. The molecule has 126 valence electrons. The highest BCUT2D eigenvalue weighted by molar-refractivity contribution is 5.88. The van der Waals surface area contributed by atoms with Crippen LogP contribution in [0.4, 0.5) is 14.9 Å². The van der Waals surface area contributed by atoms with Crippen LogP contribution in [0, 0.1) is 5.82 Å². The van der Waals surface area contributed by atoms with Crippen molar-refractivity contribution >= 4 is 17.7 Å². The van der Waals surface area contributed by atoms with Gasteiger partial charge in [0.2, 0.25) is 0 Å². The van der Waals surface area contributed by atoms with E-state index in [1.165, 1.54) is 12.1 Å². The van der Waals surface area contributed by atoms with E-state index in [9.17, 15) is 14.0 Å². The Morgan fingerprint density at radius 1 is 1.17 bits per heavy atom. The first-order chi connectivity index (χ1) is 10.7. The highest BCUT2D eigenvalue weighted by atomic mass is 19.1. The summed E-state index contributed by atoms with van der Waals surface area (Å²) in [4.78, 5) is 26.3. The normalized spacial score (nSPS) is 15.5. The Balaban J connectivity index is 1.98. The van der Waals surface area contributed by atoms with Gasteiger partial charge in [-0.05, 0) is 39.0 Å². The number of ether oxygens (including phenoxy) is 1. The summed E-state index contributed by atoms with van der Waals surface area (Å²) in [5.74, 6) is -2.05. The summed E-state index contributed by atoms with van der Waals surface area (Å²) in [5, 5.41) is 8.84. The Morgan fingerprint density at radius 2 is 1.78 bits per heavy atom. The van der Waals surface area contributed by atoms with Crippen LogP contribution in [0.15, 0.2) is 18.2 Å². The molecule has 0 aromatic heterocycles. The molecule has 7 heteroatoms. The molecule has 0 aliphatic carbocycles. The van der Waals surface area contributed by atoms with Crippen molar-refractivity contribution in [2.45, 2.75) is 26.4 Å². The molecule has 1 heterocycles. The van der Waals surface area contributed by atoms with Crippen LogP contribution in [0.5, 0.6) is 0 Å². The van der Waals surface area contributed by atoms with Gasteiger partial charge in [0.15, 0.2) is 0 Å². The number of benzene rings is 1. The molecule has 2 rings (SSSR count). The zero-order chi connectivity index (χ0) is 17.2. The van der Waals surface area contributed by atoms with Crippen molar-refractivity contribution in [2.24, 2.45) is 0 Å². The minimum Gasteiger partial charge on any atom is -0.478 e. The number of aromatic carboxylic acids is 1. The third-order valence-electron chi connectivity index (χ3n) is 3.48. The third-order valence-corrected chi connectivity index (χ3v) is 3.48. The summed E-state index contributed by atoms with van der Waals surface area (Å²) < 4.78 is 19.1. The van der Waals surface area contributed by atoms with Crippen LogP contribution in [-0.4, -0.2) is 53.8 Å². The Kier molecular flexibility index (Phi) is 4.77. The first-order valence-corrected chi connectivity index (χ1v) is 7.43. The van der Waals surface area contributed by atoms with Crippen LogP contribution in [-0.2, 0) is 4.74 Å². The van der Waals surface area contributed by atoms with Crippen LogP contribution in [0.1, 0.15) is 31.1 Å². The number of carboxylic acids is 1. The number of carbonyl (C=O) groups excluding carboxylic acids is 1. The highest BCUT2D eigenvalue weighted by Crippen LogP contribution is 2.21. The fourth-order valence-electron chi connectivity index (χ4n) is 2.35. The Bertz CT molecular complexity index is 605. The molecule has 1 N–H and O–H groups in total. The number of carbonyl (C=O) groups is 2. The SMILES string of the molecule is CC(C)(C)OC(=O)N1CCN(c2ccc(C(=O)O)c(F)c2)CC1. The lowest BCUT2D eigenvalue weighted by molar-refractivity contribution is 0.0240. The molecular weight excluding hydrogens is 303 g/mol. The van der Waals surface area contributed by atoms with Gasteiger partial charge in [0.1, 0.15) is 11.4 Å². The van der Waals surface area contributed by atoms with Crippen LogP contribution in [0.2, 0.25) is 0 Å². The van der Waals surface area contributed by atoms with Crippen molar-refractivity contribution in [3.63, 3.8) is 0 Å². The number of nitrogens with zero attached hydrogens (tertiary/aromatic N) is 2. The smallest absolute Gasteiger partial charge is 0.410 e. The van der Waals surface area contributed by atoms with Crippen molar-refractivity contribution in [3.05, 3.63) is 29.6 Å². The van der Waals surface area contributed by atoms with E-state index in [1.54, 1.807) is 11.0 Å². The van der Waals surface area contributed by atoms with Gasteiger partial charge in [-0.25, -0.2) is 14.0 Å². The van der Waals surface area contributed by atoms with Gasteiger partial charge in [0, 0.05) is 31.9 Å². The van der Waals surface area contributed by atoms with Gasteiger partial charge in [0.05, 0.1) is 5.56 Å². The number of hydrogen-bond acceptors (Lipinski definition) is 4. The van der Waals surface area contributed by atoms with E-state index in [-0.39, 0.29) is 11.7 Å². The summed E-state index contributed by atoms with van der Waals surface area (Å²) >= 11 is 0. The monoisotopic (exact) mass is 324 g/mol. The predicted molar refractivity (Wildman–Crippen MR) is 83.4 cm³/mol. The quantitative estimate of drug-likeness (QED) is 0.905. The molecule has 1 saturated heterocycles. The van der Waals surface area contributed by atoms with Crippen molar-refractivity contribution in [1.82, 2.24) is 4.90 Å². The lowest BCUT2D eigenvalue weighted by Gasteiger charge is -2.36. The van der Waals surface area contributed by atoms with Gasteiger partial charge in [0.25, 0.3) is 0 Å². The Hall–Kier alpha value is -2.31. The fraction of sp³-hybridized carbons (Fsp3) is 0.500. The van der Waals surface area contributed by atoms with E-state index in [4.69, 9.17) is 9.84 Å². The largest absolute Gasteiger partial charge is 0.478 e. The second-order valence-corrected chi connectivity index (χ2v) is 6.42. The molecule has 0 bridgehead atoms. The zero-order valence-corrected chi connectivity index (χ0v) is 13.5. The summed E-state index contributed by atoms with van der Waals surface area (Å²) in [7, 11) is 0. The standard InChI is InChI=1S/C16H21FN2O4/c1-16(2,3)23-15(22)19-8-6-18(7-9-19)11-4-5-12(14(20)21)13(17)10-11/h4-5,10H,6-9H2,1-3H3,(H,20,21). The Labute approximate surface area is 134 Å². The van der Waals surface area contributed by atoms with E-state index in [0.29, 0.717) is 31.9 Å². The maximum atomic E-state index is 13.8. The minimum absolute atomic E-state index is 0.346. The second-order valence-electron chi connectivity index (χ2n) is 6.42. The molecule has 0 unspecified atom stereocenters. The molecule has 0 spiro atoms. The second kappa shape index (κ2) is 6.44. The van der Waals surface area contributed by atoms with Gasteiger partial charge < -0.3 is 19.6 Å². The third kappa shape index (κ3) is 4.34. The summed E-state index contributed by atoms with van der Waals surface area (Å²) in [6.07, 6.45) is -0.357.